The zero-order valence-corrected chi connectivity index (χ0v) is 26.6. The van der Waals surface area contributed by atoms with Crippen molar-refractivity contribution < 1.29 is 96.6 Å². The van der Waals surface area contributed by atoms with E-state index in [9.17, 15) is 96.6 Å². The molecule has 0 unspecified atom stereocenters. The van der Waals surface area contributed by atoms with Gasteiger partial charge in [0.15, 0.2) is 0 Å². The summed E-state index contributed by atoms with van der Waals surface area (Å²) in [5.74, 6) is -59.1. The fourth-order valence-corrected chi connectivity index (χ4v) is 9.34. The largest absolute Gasteiger partial charge is 0.460 e. The summed E-state index contributed by atoms with van der Waals surface area (Å²) >= 11 is 0. The van der Waals surface area contributed by atoms with Gasteiger partial charge in [0.2, 0.25) is 0 Å². The topological polar surface area (TPSA) is 0 Å². The molecule has 296 valence electrons. The quantitative estimate of drug-likeness (QED) is 0.0582. The van der Waals surface area contributed by atoms with Crippen LogP contribution in [0.4, 0.5) is 96.6 Å². The molecule has 0 aromatic heterocycles. The maximum atomic E-state index is 14.6. The second-order valence-corrected chi connectivity index (χ2v) is 16.2. The molecule has 0 radical (unpaired) electrons. The Kier molecular flexibility index (Phi) is 15.5. The summed E-state index contributed by atoms with van der Waals surface area (Å²) in [6.45, 7) is 3.18. The minimum atomic E-state index is -7.82. The Hall–Kier alpha value is -1.11. The third kappa shape index (κ3) is 9.66. The van der Waals surface area contributed by atoms with Gasteiger partial charge in [-0.05, 0) is 25.7 Å². The van der Waals surface area contributed by atoms with Gasteiger partial charge in [0.1, 0.15) is 0 Å². The molecule has 0 saturated carbocycles. The van der Waals surface area contributed by atoms with E-state index in [1.807, 2.05) is 0 Å². The molecule has 0 aliphatic heterocycles. The highest BCUT2D eigenvalue weighted by molar-refractivity contribution is 7.75. The molecule has 0 aliphatic carbocycles. The molecule has 0 aliphatic rings. The van der Waals surface area contributed by atoms with Crippen LogP contribution in [0.3, 0.4) is 0 Å². The Bertz CT molecular complexity index is 933. The molecule has 0 aromatic rings. The predicted molar refractivity (Wildman–Crippen MR) is 136 cm³/mol. The van der Waals surface area contributed by atoms with E-state index in [2.05, 4.69) is 0 Å². The Morgan fingerprint density at radius 3 is 0.796 bits per heavy atom. The van der Waals surface area contributed by atoms with E-state index in [0.29, 0.717) is 12.8 Å². The number of rotatable bonds is 22. The SMILES string of the molecule is CCCCCC[P+](CCCCCC)(CCC(F)(F)C(F)(F)C(F)(F)C(F)(F)C(F)(F)F)CCC(F)(F)C(F)(F)C(F)(F)C(F)(F)C(F)(F)F. The van der Waals surface area contributed by atoms with Crippen molar-refractivity contribution in [1.82, 2.24) is 0 Å². The van der Waals surface area contributed by atoms with Gasteiger partial charge in [-0.1, -0.05) is 39.5 Å². The van der Waals surface area contributed by atoms with Gasteiger partial charge >= 0.3 is 59.7 Å². The minimum absolute atomic E-state index is 0.0675. The van der Waals surface area contributed by atoms with Crippen LogP contribution in [0.5, 0.6) is 0 Å². The molecule has 0 aromatic carbocycles. The van der Waals surface area contributed by atoms with Crippen molar-refractivity contribution in [2.24, 2.45) is 0 Å². The lowest BCUT2D eigenvalue weighted by atomic mass is 9.96. The van der Waals surface area contributed by atoms with Gasteiger partial charge in [-0.15, -0.1) is 0 Å². The lowest BCUT2D eigenvalue weighted by molar-refractivity contribution is -0.422. The average Bonchev–Trinajstić information content (AvgIpc) is 2.93. The van der Waals surface area contributed by atoms with Crippen molar-refractivity contribution in [3.63, 3.8) is 0 Å². The smallest absolute Gasteiger partial charge is 0.199 e. The van der Waals surface area contributed by atoms with E-state index >= 15 is 0 Å². The van der Waals surface area contributed by atoms with Gasteiger partial charge in [-0.3, -0.25) is 0 Å². The van der Waals surface area contributed by atoms with E-state index in [1.165, 1.54) is 0 Å². The molecule has 0 heterocycles. The summed E-state index contributed by atoms with van der Waals surface area (Å²) in [7, 11) is -4.10. The third-order valence-electron chi connectivity index (χ3n) is 7.98. The fraction of sp³-hybridized carbons (Fsp3) is 1.00. The number of hydrogen-bond acceptors (Lipinski definition) is 0. The van der Waals surface area contributed by atoms with Gasteiger partial charge in [0, 0.05) is 7.26 Å². The minimum Gasteiger partial charge on any atom is -0.199 e. The second-order valence-electron chi connectivity index (χ2n) is 11.7. The first-order chi connectivity index (χ1) is 21.5. The van der Waals surface area contributed by atoms with E-state index < -0.39 is 104 Å². The van der Waals surface area contributed by atoms with Crippen LogP contribution in [-0.2, 0) is 0 Å². The van der Waals surface area contributed by atoms with Crippen LogP contribution in [0, 0.1) is 0 Å². The van der Waals surface area contributed by atoms with Gasteiger partial charge < -0.3 is 0 Å². The Labute approximate surface area is 267 Å². The number of hydrogen-bond donors (Lipinski definition) is 0. The monoisotopic (exact) mass is 795 g/mol. The summed E-state index contributed by atoms with van der Waals surface area (Å²) in [4.78, 5) is 0. The maximum Gasteiger partial charge on any atom is 0.460 e. The maximum absolute atomic E-state index is 14.6. The lowest BCUT2D eigenvalue weighted by Gasteiger charge is -2.39. The summed E-state index contributed by atoms with van der Waals surface area (Å²) < 4.78 is 299. The van der Waals surface area contributed by atoms with Crippen LogP contribution in [-0.4, -0.2) is 84.4 Å². The second kappa shape index (κ2) is 15.9. The molecule has 0 rings (SSSR count). The van der Waals surface area contributed by atoms with Crippen molar-refractivity contribution in [2.45, 2.75) is 138 Å². The highest BCUT2D eigenvalue weighted by atomic mass is 31.2. The number of halogens is 22. The molecule has 0 amide bonds. The molecular formula is C26H34F22P+. The Balaban J connectivity index is 6.93. The van der Waals surface area contributed by atoms with Gasteiger partial charge in [0.25, 0.3) is 0 Å². The van der Waals surface area contributed by atoms with E-state index in [0.717, 1.165) is 0 Å². The number of unbranched alkanes of at least 4 members (excludes halogenated alkanes) is 6. The van der Waals surface area contributed by atoms with E-state index in [1.54, 1.807) is 13.8 Å². The van der Waals surface area contributed by atoms with Crippen molar-refractivity contribution >= 4 is 7.26 Å². The van der Waals surface area contributed by atoms with Crippen LogP contribution in [0.15, 0.2) is 0 Å². The molecule has 0 nitrogen and oxygen atoms in total. The summed E-state index contributed by atoms with van der Waals surface area (Å²) in [5, 5.41) is 0. The predicted octanol–water partition coefficient (Wildman–Crippen LogP) is 13.2. The molecule has 0 saturated heterocycles. The van der Waals surface area contributed by atoms with Crippen LogP contribution in [0.1, 0.15) is 78.1 Å². The molecular weight excluding hydrogens is 761 g/mol. The van der Waals surface area contributed by atoms with Crippen molar-refractivity contribution in [3.8, 4) is 0 Å². The summed E-state index contributed by atoms with van der Waals surface area (Å²) in [6, 6.07) is 0. The number of alkyl halides is 22. The van der Waals surface area contributed by atoms with Gasteiger partial charge in [0.05, 0.1) is 37.5 Å². The van der Waals surface area contributed by atoms with Gasteiger partial charge in [-0.25, -0.2) is 0 Å². The standard InChI is InChI=1S/C26H34F22P/c1-3-5-7-9-13-49(14-10-8-6-4-2,15-11-17(27,28)19(31,32)21(35,36)23(39,40)25(43,44)45)16-12-18(29,30)20(33,34)22(37,38)24(41,42)26(46,47)48/h3-16H2,1-2H3/q+1. The molecule has 0 N–H and O–H groups in total. The van der Waals surface area contributed by atoms with Crippen LogP contribution in [0.2, 0.25) is 0 Å². The molecule has 49 heavy (non-hydrogen) atoms. The first-order valence-electron chi connectivity index (χ1n) is 14.5. The normalized spacial score (nSPS) is 15.7. The fourth-order valence-electron chi connectivity index (χ4n) is 4.70. The molecule has 23 heteroatoms. The average molecular weight is 795 g/mol. The zero-order chi connectivity index (χ0) is 39.4. The first kappa shape index (κ1) is 47.9. The lowest BCUT2D eigenvalue weighted by Crippen LogP contribution is -2.66. The Morgan fingerprint density at radius 1 is 0.306 bits per heavy atom. The van der Waals surface area contributed by atoms with Gasteiger partial charge in [-0.2, -0.15) is 96.6 Å². The Morgan fingerprint density at radius 2 is 0.571 bits per heavy atom. The van der Waals surface area contributed by atoms with Crippen LogP contribution >= 0.6 is 7.26 Å². The molecule has 0 spiro atoms. The van der Waals surface area contributed by atoms with Crippen LogP contribution < -0.4 is 0 Å². The summed E-state index contributed by atoms with van der Waals surface area (Å²) in [5.41, 5.74) is 0. The van der Waals surface area contributed by atoms with E-state index in [-0.39, 0.29) is 38.5 Å². The molecule has 0 atom stereocenters. The highest BCUT2D eigenvalue weighted by Gasteiger charge is 2.88. The van der Waals surface area contributed by atoms with E-state index in [4.69, 9.17) is 0 Å². The van der Waals surface area contributed by atoms with Crippen LogP contribution in [0.25, 0.3) is 0 Å². The van der Waals surface area contributed by atoms with Crippen molar-refractivity contribution in [2.75, 3.05) is 24.6 Å². The third-order valence-corrected chi connectivity index (χ3v) is 12.9. The van der Waals surface area contributed by atoms with Crippen molar-refractivity contribution in [1.29, 1.82) is 0 Å². The highest BCUT2D eigenvalue weighted by Crippen LogP contribution is 2.66. The summed E-state index contributed by atoms with van der Waals surface area (Å²) in [6.07, 6.45) is -24.2. The first-order valence-corrected chi connectivity index (χ1v) is 17.1. The molecule has 0 bridgehead atoms. The molecule has 0 fully saturated rings. The van der Waals surface area contributed by atoms with Crippen molar-refractivity contribution in [3.05, 3.63) is 0 Å². The zero-order valence-electron chi connectivity index (χ0n) is 25.7.